The number of hydrogen-bond donors (Lipinski definition) is 2. The summed E-state index contributed by atoms with van der Waals surface area (Å²) in [6, 6.07) is 13.2. The van der Waals surface area contributed by atoms with E-state index in [0.717, 1.165) is 25.1 Å². The lowest BCUT2D eigenvalue weighted by molar-refractivity contribution is 0.100. The van der Waals surface area contributed by atoms with Gasteiger partial charge in [-0.2, -0.15) is 5.10 Å². The summed E-state index contributed by atoms with van der Waals surface area (Å²) in [6.07, 6.45) is 6.89. The zero-order valence-electron chi connectivity index (χ0n) is 20.7. The molecule has 1 amide bonds. The first-order valence-electron chi connectivity index (χ1n) is 12.5. The van der Waals surface area contributed by atoms with Crippen LogP contribution in [0.15, 0.2) is 66.0 Å². The van der Waals surface area contributed by atoms with Crippen LogP contribution >= 0.6 is 0 Å². The number of hydrogen-bond acceptors (Lipinski definition) is 6. The fraction of sp³-hybridized carbons (Fsp3) is 0.296. The minimum absolute atomic E-state index is 0.0441. The quantitative estimate of drug-likeness (QED) is 0.384. The molecule has 10 heteroatoms. The van der Waals surface area contributed by atoms with Crippen LogP contribution in [0.3, 0.4) is 0 Å². The molecule has 10 nitrogen and oxygen atoms in total. The van der Waals surface area contributed by atoms with Gasteiger partial charge in [-0.1, -0.05) is 32.0 Å². The van der Waals surface area contributed by atoms with Crippen molar-refractivity contribution in [1.29, 1.82) is 0 Å². The molecule has 0 saturated carbocycles. The summed E-state index contributed by atoms with van der Waals surface area (Å²) in [5.74, 6) is 0.911. The van der Waals surface area contributed by atoms with E-state index in [1.807, 2.05) is 36.4 Å². The Bertz CT molecular complexity index is 1670. The molecule has 6 rings (SSSR count). The predicted octanol–water partition coefficient (Wildman–Crippen LogP) is 3.26. The highest BCUT2D eigenvalue weighted by molar-refractivity contribution is 6.09. The van der Waals surface area contributed by atoms with Crippen LogP contribution in [0.5, 0.6) is 0 Å². The zero-order valence-corrected chi connectivity index (χ0v) is 20.7. The maximum atomic E-state index is 13.7. The molecule has 3 atom stereocenters. The van der Waals surface area contributed by atoms with E-state index >= 15 is 0 Å². The van der Waals surface area contributed by atoms with E-state index in [4.69, 9.17) is 10.8 Å². The molecule has 1 aromatic carbocycles. The average molecular weight is 497 g/mol. The number of aromatic amines is 1. The van der Waals surface area contributed by atoms with Crippen molar-refractivity contribution in [3.8, 4) is 5.69 Å². The first-order chi connectivity index (χ1) is 18.0. The number of rotatable bonds is 5. The molecule has 0 bridgehead atoms. The molecule has 37 heavy (non-hydrogen) atoms. The highest BCUT2D eigenvalue weighted by atomic mass is 16.1. The molecular formula is C27H28N8O2. The monoisotopic (exact) mass is 496 g/mol. The summed E-state index contributed by atoms with van der Waals surface area (Å²) in [5, 5.41) is 5.57. The van der Waals surface area contributed by atoms with Gasteiger partial charge in [0.05, 0.1) is 16.6 Å². The van der Waals surface area contributed by atoms with E-state index in [9.17, 15) is 9.59 Å². The van der Waals surface area contributed by atoms with Crippen molar-refractivity contribution in [1.82, 2.24) is 29.1 Å². The van der Waals surface area contributed by atoms with Crippen LogP contribution in [-0.2, 0) is 0 Å². The summed E-state index contributed by atoms with van der Waals surface area (Å²) < 4.78 is 3.38. The molecule has 5 heterocycles. The summed E-state index contributed by atoms with van der Waals surface area (Å²) in [5.41, 5.74) is 7.80. The van der Waals surface area contributed by atoms with E-state index in [-0.39, 0.29) is 23.4 Å². The third kappa shape index (κ3) is 3.67. The fourth-order valence-corrected chi connectivity index (χ4v) is 5.86. The standard InChI is InChI=1S/C27H28N8O2/c1-16-8-6-12-33(26-21-19(23(28)36)14-29-24(21)30-15-31-26)22(16)17(2)25-32-34-13-7-11-20(34)27(37)35(25)18-9-4-3-5-10-18/h3-5,7,9-11,13-17,22H,6,8,12H2,1-2H3,(H2,28,36)(H,29,30,31)/t16-,17?,22+/m1/s1. The van der Waals surface area contributed by atoms with Gasteiger partial charge < -0.3 is 15.6 Å². The lowest BCUT2D eigenvalue weighted by Crippen LogP contribution is -2.49. The van der Waals surface area contributed by atoms with E-state index in [0.29, 0.717) is 33.8 Å². The van der Waals surface area contributed by atoms with Gasteiger partial charge in [0.15, 0.2) is 0 Å². The molecule has 0 aliphatic carbocycles. The van der Waals surface area contributed by atoms with Crippen LogP contribution in [0, 0.1) is 5.92 Å². The SMILES string of the molecule is CC(c1nn2cccc2c(=O)n1-c1ccccc1)[C@@H]1[C@H](C)CCCN1c1ncnc2[nH]cc(C(N)=O)c12. The number of carbonyl (C=O) groups excluding carboxylic acids is 1. The summed E-state index contributed by atoms with van der Waals surface area (Å²) in [7, 11) is 0. The van der Waals surface area contributed by atoms with Gasteiger partial charge >= 0.3 is 0 Å². The third-order valence-corrected chi connectivity index (χ3v) is 7.51. The molecule has 3 N–H and O–H groups in total. The van der Waals surface area contributed by atoms with Crippen molar-refractivity contribution in [2.75, 3.05) is 11.4 Å². The van der Waals surface area contributed by atoms with Crippen LogP contribution < -0.4 is 16.2 Å². The number of benzene rings is 1. The molecule has 1 aliphatic heterocycles. The van der Waals surface area contributed by atoms with Crippen molar-refractivity contribution in [3.05, 3.63) is 82.9 Å². The summed E-state index contributed by atoms with van der Waals surface area (Å²) in [4.78, 5) is 40.2. The van der Waals surface area contributed by atoms with Gasteiger partial charge in [0, 0.05) is 30.9 Å². The van der Waals surface area contributed by atoms with Gasteiger partial charge in [-0.3, -0.25) is 14.2 Å². The molecule has 0 spiro atoms. The van der Waals surface area contributed by atoms with Gasteiger partial charge in [0.25, 0.3) is 11.5 Å². The molecule has 1 saturated heterocycles. The van der Waals surface area contributed by atoms with Gasteiger partial charge in [0.1, 0.15) is 29.1 Å². The molecule has 1 fully saturated rings. The Morgan fingerprint density at radius 2 is 1.97 bits per heavy atom. The number of amides is 1. The molecular weight excluding hydrogens is 468 g/mol. The number of anilines is 1. The number of para-hydroxylation sites is 1. The number of nitrogens with two attached hydrogens (primary N) is 1. The van der Waals surface area contributed by atoms with Gasteiger partial charge in [-0.15, -0.1) is 0 Å². The van der Waals surface area contributed by atoms with Crippen LogP contribution in [0.1, 0.15) is 48.8 Å². The Hall–Kier alpha value is -4.47. The number of H-pyrrole nitrogens is 1. The van der Waals surface area contributed by atoms with Gasteiger partial charge in [0.2, 0.25) is 0 Å². The minimum atomic E-state index is -0.533. The van der Waals surface area contributed by atoms with E-state index in [2.05, 4.69) is 33.7 Å². The second kappa shape index (κ2) is 8.88. The first-order valence-corrected chi connectivity index (χ1v) is 12.5. The Morgan fingerprint density at radius 3 is 2.76 bits per heavy atom. The number of piperidine rings is 1. The molecule has 4 aromatic heterocycles. The van der Waals surface area contributed by atoms with Crippen molar-refractivity contribution in [2.24, 2.45) is 11.7 Å². The lowest BCUT2D eigenvalue weighted by atomic mass is 9.82. The number of fused-ring (bicyclic) bond motifs is 2. The Balaban J connectivity index is 1.55. The van der Waals surface area contributed by atoms with Crippen LogP contribution in [-0.4, -0.2) is 47.6 Å². The fourth-order valence-electron chi connectivity index (χ4n) is 5.86. The maximum Gasteiger partial charge on any atom is 0.282 e. The van der Waals surface area contributed by atoms with Crippen LogP contribution in [0.2, 0.25) is 0 Å². The topological polar surface area (TPSA) is 127 Å². The van der Waals surface area contributed by atoms with Crippen molar-refractivity contribution < 1.29 is 4.79 Å². The maximum absolute atomic E-state index is 13.7. The van der Waals surface area contributed by atoms with Gasteiger partial charge in [-0.25, -0.2) is 14.5 Å². The van der Waals surface area contributed by atoms with Crippen molar-refractivity contribution in [2.45, 2.75) is 38.6 Å². The molecule has 188 valence electrons. The number of carbonyl (C=O) groups is 1. The second-order valence-corrected chi connectivity index (χ2v) is 9.75. The zero-order chi connectivity index (χ0) is 25.7. The van der Waals surface area contributed by atoms with E-state index in [1.54, 1.807) is 27.5 Å². The molecule has 0 radical (unpaired) electrons. The Labute approximate surface area is 212 Å². The number of nitrogens with zero attached hydrogens (tertiary/aromatic N) is 6. The Kier molecular flexibility index (Phi) is 5.51. The Morgan fingerprint density at radius 1 is 1.16 bits per heavy atom. The van der Waals surface area contributed by atoms with Crippen molar-refractivity contribution >= 4 is 28.3 Å². The summed E-state index contributed by atoms with van der Waals surface area (Å²) in [6.45, 7) is 5.08. The molecule has 5 aromatic rings. The van der Waals surface area contributed by atoms with Crippen molar-refractivity contribution in [3.63, 3.8) is 0 Å². The minimum Gasteiger partial charge on any atom is -0.366 e. The average Bonchev–Trinajstić information content (AvgIpc) is 3.56. The van der Waals surface area contributed by atoms with E-state index in [1.165, 1.54) is 6.33 Å². The first kappa shape index (κ1) is 23.0. The number of aromatic nitrogens is 6. The molecule has 1 unspecified atom stereocenters. The third-order valence-electron chi connectivity index (χ3n) is 7.51. The van der Waals surface area contributed by atoms with Gasteiger partial charge in [-0.05, 0) is 43.0 Å². The highest BCUT2D eigenvalue weighted by Gasteiger charge is 2.38. The largest absolute Gasteiger partial charge is 0.366 e. The smallest absolute Gasteiger partial charge is 0.282 e. The van der Waals surface area contributed by atoms with Crippen LogP contribution in [0.25, 0.3) is 22.2 Å². The lowest BCUT2D eigenvalue weighted by Gasteiger charge is -2.44. The number of nitrogens with one attached hydrogen (secondary N) is 1. The van der Waals surface area contributed by atoms with E-state index < -0.39 is 5.91 Å². The highest BCUT2D eigenvalue weighted by Crippen LogP contribution is 2.38. The summed E-state index contributed by atoms with van der Waals surface area (Å²) >= 11 is 0. The second-order valence-electron chi connectivity index (χ2n) is 9.75. The molecule has 1 aliphatic rings. The normalized spacial score (nSPS) is 18.9. The number of primary amides is 1. The van der Waals surface area contributed by atoms with Crippen LogP contribution in [0.4, 0.5) is 5.82 Å². The predicted molar refractivity (Wildman–Crippen MR) is 141 cm³/mol.